The lowest BCUT2D eigenvalue weighted by molar-refractivity contribution is -0.385. The van der Waals surface area contributed by atoms with Crippen LogP contribution in [0.25, 0.3) is 0 Å². The number of rotatable bonds is 5. The first-order valence-electron chi connectivity index (χ1n) is 6.13. The molecule has 0 fully saturated rings. The second-order valence-corrected chi connectivity index (χ2v) is 5.92. The van der Waals surface area contributed by atoms with Crippen LogP contribution >= 0.6 is 0 Å². The monoisotopic (exact) mass is 337 g/mol. The van der Waals surface area contributed by atoms with E-state index in [0.717, 1.165) is 18.2 Å². The van der Waals surface area contributed by atoms with E-state index in [9.17, 15) is 23.3 Å². The Morgan fingerprint density at radius 2 is 1.83 bits per heavy atom. The fraction of sp³-hybridized carbons (Fsp3) is 0. The number of nitrogens with one attached hydrogen (secondary N) is 1. The Bertz CT molecular complexity index is 851. The summed E-state index contributed by atoms with van der Waals surface area (Å²) < 4.78 is 31.2. The van der Waals surface area contributed by atoms with Crippen molar-refractivity contribution in [3.05, 3.63) is 58.6 Å². The van der Waals surface area contributed by atoms with E-state index >= 15 is 0 Å². The zero-order chi connectivity index (χ0) is 17.0. The number of primary amides is 1. The number of nitro groups is 1. The quantitative estimate of drug-likeness (QED) is 0.628. The molecule has 0 saturated carbocycles. The van der Waals surface area contributed by atoms with Crippen LogP contribution in [0, 0.1) is 10.1 Å². The van der Waals surface area contributed by atoms with E-state index in [1.807, 2.05) is 0 Å². The van der Waals surface area contributed by atoms with Gasteiger partial charge in [-0.2, -0.15) is 0 Å². The van der Waals surface area contributed by atoms with Gasteiger partial charge in [-0.05, 0) is 18.2 Å². The molecule has 0 spiro atoms. The van der Waals surface area contributed by atoms with Gasteiger partial charge in [0, 0.05) is 12.1 Å². The maximum Gasteiger partial charge on any atom is 0.326 e. The van der Waals surface area contributed by atoms with Crippen molar-refractivity contribution in [3.8, 4) is 11.5 Å². The number of non-ortho nitro benzene ring substituents is 1. The summed E-state index contributed by atoms with van der Waals surface area (Å²) >= 11 is 0. The zero-order valence-electron chi connectivity index (χ0n) is 11.5. The molecule has 10 heteroatoms. The second kappa shape index (κ2) is 6.32. The molecule has 0 heterocycles. The Kier molecular flexibility index (Phi) is 4.46. The molecule has 3 N–H and O–H groups in total. The molecule has 2 amide bonds. The highest BCUT2D eigenvalue weighted by molar-refractivity contribution is 7.90. The smallest absolute Gasteiger partial charge is 0.326 e. The van der Waals surface area contributed by atoms with Crippen molar-refractivity contribution in [2.24, 2.45) is 5.73 Å². The number of hydrogen-bond acceptors (Lipinski definition) is 6. The van der Waals surface area contributed by atoms with Crippen molar-refractivity contribution in [2.45, 2.75) is 4.90 Å². The van der Waals surface area contributed by atoms with Gasteiger partial charge in [-0.25, -0.2) is 17.9 Å². The summed E-state index contributed by atoms with van der Waals surface area (Å²) in [5, 5.41) is 10.8. The maximum atomic E-state index is 12.1. The van der Waals surface area contributed by atoms with Crippen LogP contribution in [0.2, 0.25) is 0 Å². The van der Waals surface area contributed by atoms with Gasteiger partial charge in [0.1, 0.15) is 16.4 Å². The SMILES string of the molecule is NC(=O)NS(=O)(=O)c1cc([N+](=O)[O-])ccc1Oc1ccccc1. The minimum absolute atomic E-state index is 0.185. The molecule has 0 bridgehead atoms. The number of urea groups is 1. The highest BCUT2D eigenvalue weighted by atomic mass is 32.2. The van der Waals surface area contributed by atoms with Gasteiger partial charge in [0.05, 0.1) is 4.92 Å². The van der Waals surface area contributed by atoms with Gasteiger partial charge in [-0.15, -0.1) is 0 Å². The molecule has 2 aromatic carbocycles. The Labute approximate surface area is 130 Å². The average Bonchev–Trinajstić information content (AvgIpc) is 2.47. The number of carbonyl (C=O) groups is 1. The van der Waals surface area contributed by atoms with E-state index in [0.29, 0.717) is 5.75 Å². The maximum absolute atomic E-state index is 12.1. The standard InChI is InChI=1S/C13H11N3O6S/c14-13(17)15-23(20,21)12-8-9(16(18)19)6-7-11(12)22-10-4-2-1-3-5-10/h1-8H,(H3,14,15,17). The van der Waals surface area contributed by atoms with Gasteiger partial charge in [0.15, 0.2) is 0 Å². The molecule has 0 aliphatic rings. The average molecular weight is 337 g/mol. The molecular weight excluding hydrogens is 326 g/mol. The molecule has 0 aliphatic heterocycles. The number of nitro benzene ring substituents is 1. The van der Waals surface area contributed by atoms with E-state index in [2.05, 4.69) is 0 Å². The number of carbonyl (C=O) groups excluding carboxylic acids is 1. The third kappa shape index (κ3) is 3.95. The van der Waals surface area contributed by atoms with E-state index in [4.69, 9.17) is 10.5 Å². The Balaban J connectivity index is 2.53. The highest BCUT2D eigenvalue weighted by Crippen LogP contribution is 2.31. The van der Waals surface area contributed by atoms with Gasteiger partial charge >= 0.3 is 6.03 Å². The summed E-state index contributed by atoms with van der Waals surface area (Å²) in [5.41, 5.74) is 4.34. The molecule has 23 heavy (non-hydrogen) atoms. The first kappa shape index (κ1) is 16.2. The Morgan fingerprint density at radius 1 is 1.17 bits per heavy atom. The predicted octanol–water partition coefficient (Wildman–Crippen LogP) is 1.74. The Morgan fingerprint density at radius 3 is 2.39 bits per heavy atom. The fourth-order valence-electron chi connectivity index (χ4n) is 1.71. The minimum atomic E-state index is -4.42. The summed E-state index contributed by atoms with van der Waals surface area (Å²) in [7, 11) is -4.42. The van der Waals surface area contributed by atoms with Crippen LogP contribution in [0.4, 0.5) is 10.5 Å². The third-order valence-corrected chi connectivity index (χ3v) is 4.00. The van der Waals surface area contributed by atoms with Crippen molar-refractivity contribution in [2.75, 3.05) is 0 Å². The molecule has 0 saturated heterocycles. The number of nitrogens with two attached hydrogens (primary N) is 1. The number of para-hydroxylation sites is 1. The van der Waals surface area contributed by atoms with Gasteiger partial charge in [-0.3, -0.25) is 10.1 Å². The number of nitrogens with zero attached hydrogens (tertiary/aromatic N) is 1. The van der Waals surface area contributed by atoms with E-state index in [-0.39, 0.29) is 5.75 Å². The number of sulfonamides is 1. The van der Waals surface area contributed by atoms with Crippen LogP contribution in [0.5, 0.6) is 11.5 Å². The predicted molar refractivity (Wildman–Crippen MR) is 79.5 cm³/mol. The lowest BCUT2D eigenvalue weighted by Gasteiger charge is -2.11. The molecule has 0 radical (unpaired) electrons. The highest BCUT2D eigenvalue weighted by Gasteiger charge is 2.25. The van der Waals surface area contributed by atoms with Crippen LogP contribution in [-0.4, -0.2) is 19.4 Å². The number of ether oxygens (including phenoxy) is 1. The lowest BCUT2D eigenvalue weighted by Crippen LogP contribution is -2.35. The molecule has 0 unspecified atom stereocenters. The summed E-state index contributed by atoms with van der Waals surface area (Å²) in [6.07, 6.45) is 0. The topological polar surface area (TPSA) is 142 Å². The lowest BCUT2D eigenvalue weighted by atomic mass is 10.3. The van der Waals surface area contributed by atoms with Crippen molar-refractivity contribution in [1.82, 2.24) is 4.72 Å². The first-order valence-corrected chi connectivity index (χ1v) is 7.61. The Hall–Kier alpha value is -3.14. The third-order valence-electron chi connectivity index (χ3n) is 2.63. The summed E-state index contributed by atoms with van der Waals surface area (Å²) in [6, 6.07) is 9.87. The summed E-state index contributed by atoms with van der Waals surface area (Å²) in [5.74, 6) is 0.132. The second-order valence-electron chi connectivity index (χ2n) is 4.27. The van der Waals surface area contributed by atoms with Gasteiger partial charge in [0.25, 0.3) is 15.7 Å². The largest absolute Gasteiger partial charge is 0.456 e. The van der Waals surface area contributed by atoms with Crippen LogP contribution in [0.3, 0.4) is 0 Å². The molecule has 0 aromatic heterocycles. The summed E-state index contributed by atoms with van der Waals surface area (Å²) in [4.78, 5) is 20.3. The van der Waals surface area contributed by atoms with E-state index in [1.54, 1.807) is 30.3 Å². The van der Waals surface area contributed by atoms with Crippen molar-refractivity contribution >= 4 is 21.7 Å². The fourth-order valence-corrected chi connectivity index (χ4v) is 2.73. The van der Waals surface area contributed by atoms with E-state index in [1.165, 1.54) is 4.72 Å². The molecule has 2 aromatic rings. The normalized spacial score (nSPS) is 10.8. The molecule has 9 nitrogen and oxygen atoms in total. The number of amides is 2. The molecule has 2 rings (SSSR count). The molecule has 0 aliphatic carbocycles. The van der Waals surface area contributed by atoms with Crippen molar-refractivity contribution in [1.29, 1.82) is 0 Å². The minimum Gasteiger partial charge on any atom is -0.456 e. The van der Waals surface area contributed by atoms with Crippen LogP contribution in [-0.2, 0) is 10.0 Å². The number of hydrogen-bond donors (Lipinski definition) is 2. The summed E-state index contributed by atoms with van der Waals surface area (Å²) in [6.45, 7) is 0. The van der Waals surface area contributed by atoms with Crippen LogP contribution in [0.15, 0.2) is 53.4 Å². The molecular formula is C13H11N3O6S. The van der Waals surface area contributed by atoms with Crippen LogP contribution in [0.1, 0.15) is 0 Å². The van der Waals surface area contributed by atoms with E-state index < -0.39 is 31.6 Å². The first-order chi connectivity index (χ1) is 10.8. The van der Waals surface area contributed by atoms with Gasteiger partial charge < -0.3 is 10.5 Å². The number of benzene rings is 2. The van der Waals surface area contributed by atoms with Gasteiger partial charge in [-0.1, -0.05) is 18.2 Å². The van der Waals surface area contributed by atoms with Gasteiger partial charge in [0.2, 0.25) is 0 Å². The zero-order valence-corrected chi connectivity index (χ0v) is 12.3. The van der Waals surface area contributed by atoms with Crippen LogP contribution < -0.4 is 15.2 Å². The molecule has 120 valence electrons. The molecule has 0 atom stereocenters. The van der Waals surface area contributed by atoms with Crippen molar-refractivity contribution in [3.63, 3.8) is 0 Å². The van der Waals surface area contributed by atoms with Crippen molar-refractivity contribution < 1.29 is 22.9 Å².